The van der Waals surface area contributed by atoms with E-state index in [0.29, 0.717) is 16.6 Å². The van der Waals surface area contributed by atoms with Crippen molar-refractivity contribution in [3.63, 3.8) is 0 Å². The van der Waals surface area contributed by atoms with E-state index in [0.717, 1.165) is 4.90 Å². The number of hydrogen-bond acceptors (Lipinski definition) is 4. The van der Waals surface area contributed by atoms with Gasteiger partial charge in [0.05, 0.1) is 17.9 Å². The molecule has 5 nitrogen and oxygen atoms in total. The Hall–Kier alpha value is -2.47. The lowest BCUT2D eigenvalue weighted by molar-refractivity contribution is 0.0567. The summed E-state index contributed by atoms with van der Waals surface area (Å²) in [6, 6.07) is 5.52. The maximum atomic E-state index is 14.1. The Labute approximate surface area is 132 Å². The van der Waals surface area contributed by atoms with Gasteiger partial charge in [0.25, 0.3) is 5.91 Å². The fourth-order valence-corrected chi connectivity index (χ4v) is 2.66. The third kappa shape index (κ3) is 2.45. The maximum Gasteiger partial charge on any atom is 0.422 e. The second kappa shape index (κ2) is 5.03. The highest BCUT2D eigenvalue weighted by molar-refractivity contribution is 6.32. The van der Waals surface area contributed by atoms with E-state index >= 15 is 0 Å². The van der Waals surface area contributed by atoms with Crippen molar-refractivity contribution in [2.45, 2.75) is 33.0 Å². The van der Waals surface area contributed by atoms with Gasteiger partial charge in [-0.2, -0.15) is 0 Å². The zero-order valence-electron chi connectivity index (χ0n) is 13.0. The number of carbonyl (C=O) groups is 2. The minimum Gasteiger partial charge on any atom is -0.443 e. The molecule has 0 saturated heterocycles. The standard InChI is InChI=1S/C17H16FNO4/c1-17(2,3)23-16(22)19-13-5-4-12(18)10-6-9(8-20)7-11(14(10)13)15(19)21/h4-7,20H,8H2,1-3H3. The molecule has 6 heteroatoms. The minimum absolute atomic E-state index is 0.187. The van der Waals surface area contributed by atoms with Crippen molar-refractivity contribution in [3.05, 3.63) is 41.2 Å². The molecule has 0 atom stereocenters. The first kappa shape index (κ1) is 15.4. The normalized spacial score (nSPS) is 13.8. The molecule has 2 aromatic rings. The van der Waals surface area contributed by atoms with Gasteiger partial charge in [0.15, 0.2) is 0 Å². The molecule has 23 heavy (non-hydrogen) atoms. The molecule has 0 aromatic heterocycles. The molecule has 0 saturated carbocycles. The number of rotatable bonds is 1. The number of nitrogens with zero attached hydrogens (tertiary/aromatic N) is 1. The molecule has 0 fully saturated rings. The van der Waals surface area contributed by atoms with Gasteiger partial charge in [-0.1, -0.05) is 0 Å². The predicted molar refractivity (Wildman–Crippen MR) is 82.9 cm³/mol. The molecule has 2 aromatic carbocycles. The highest BCUT2D eigenvalue weighted by atomic mass is 19.1. The number of hydrogen-bond donors (Lipinski definition) is 1. The summed E-state index contributed by atoms with van der Waals surface area (Å²) in [6.45, 7) is 4.76. The van der Waals surface area contributed by atoms with Crippen LogP contribution in [0.3, 0.4) is 0 Å². The van der Waals surface area contributed by atoms with E-state index in [-0.39, 0.29) is 17.6 Å². The fraction of sp³-hybridized carbons (Fsp3) is 0.294. The highest BCUT2D eigenvalue weighted by Gasteiger charge is 2.38. The lowest BCUT2D eigenvalue weighted by Crippen LogP contribution is -2.38. The van der Waals surface area contributed by atoms with Crippen molar-refractivity contribution in [1.29, 1.82) is 0 Å². The summed E-state index contributed by atoms with van der Waals surface area (Å²) in [5.74, 6) is -1.10. The van der Waals surface area contributed by atoms with Crippen LogP contribution >= 0.6 is 0 Å². The molecule has 0 radical (unpaired) electrons. The van der Waals surface area contributed by atoms with Gasteiger partial charge in [-0.15, -0.1) is 0 Å². The van der Waals surface area contributed by atoms with Crippen molar-refractivity contribution in [2.75, 3.05) is 4.90 Å². The lowest BCUT2D eigenvalue weighted by atomic mass is 10.0. The predicted octanol–water partition coefficient (Wildman–Crippen LogP) is 3.37. The third-order valence-corrected chi connectivity index (χ3v) is 3.53. The van der Waals surface area contributed by atoms with E-state index in [1.807, 2.05) is 0 Å². The van der Waals surface area contributed by atoms with Crippen LogP contribution in [0.25, 0.3) is 10.8 Å². The van der Waals surface area contributed by atoms with Gasteiger partial charge >= 0.3 is 6.09 Å². The van der Waals surface area contributed by atoms with Gasteiger partial charge in [-0.05, 0) is 50.6 Å². The van der Waals surface area contributed by atoms with E-state index in [2.05, 4.69) is 0 Å². The molecule has 1 aliphatic heterocycles. The van der Waals surface area contributed by atoms with E-state index < -0.39 is 23.4 Å². The molecule has 120 valence electrons. The molecule has 3 rings (SSSR count). The number of imide groups is 1. The largest absolute Gasteiger partial charge is 0.443 e. The fourth-order valence-electron chi connectivity index (χ4n) is 2.66. The van der Waals surface area contributed by atoms with Crippen molar-refractivity contribution < 1.29 is 23.8 Å². The molecule has 0 bridgehead atoms. The zero-order chi connectivity index (χ0) is 16.9. The Bertz CT molecular complexity index is 839. The number of halogens is 1. The maximum absolute atomic E-state index is 14.1. The first-order valence-electron chi connectivity index (χ1n) is 7.16. The molecule has 0 aliphatic carbocycles. The van der Waals surface area contributed by atoms with Crippen LogP contribution in [-0.2, 0) is 11.3 Å². The SMILES string of the molecule is CC(C)(C)OC(=O)N1C(=O)c2cc(CO)cc3c(F)ccc1c23. The van der Waals surface area contributed by atoms with Crippen molar-refractivity contribution in [3.8, 4) is 0 Å². The summed E-state index contributed by atoms with van der Waals surface area (Å²) in [4.78, 5) is 25.9. The van der Waals surface area contributed by atoms with E-state index in [4.69, 9.17) is 4.74 Å². The third-order valence-electron chi connectivity index (χ3n) is 3.53. The molecule has 1 N–H and O–H groups in total. The summed E-state index contributed by atoms with van der Waals surface area (Å²) in [5, 5.41) is 9.86. The number of carbonyl (C=O) groups excluding carboxylic acids is 2. The van der Waals surface area contributed by atoms with Crippen LogP contribution in [0.15, 0.2) is 24.3 Å². The highest BCUT2D eigenvalue weighted by Crippen LogP contribution is 2.40. The van der Waals surface area contributed by atoms with Crippen LogP contribution < -0.4 is 4.90 Å². The van der Waals surface area contributed by atoms with Crippen LogP contribution in [0.5, 0.6) is 0 Å². The van der Waals surface area contributed by atoms with Crippen molar-refractivity contribution >= 4 is 28.5 Å². The Balaban J connectivity index is 2.19. The number of benzene rings is 2. The molecule has 1 aliphatic rings. The number of amides is 2. The second-order valence-electron chi connectivity index (χ2n) is 6.41. The number of aliphatic hydroxyl groups excluding tert-OH is 1. The monoisotopic (exact) mass is 317 g/mol. The molecule has 0 unspecified atom stereocenters. The van der Waals surface area contributed by atoms with Crippen LogP contribution in [-0.4, -0.2) is 22.7 Å². The van der Waals surface area contributed by atoms with E-state index in [1.54, 1.807) is 20.8 Å². The number of anilines is 1. The Kier molecular flexibility index (Phi) is 3.37. The summed E-state index contributed by atoms with van der Waals surface area (Å²) < 4.78 is 19.4. The second-order valence-corrected chi connectivity index (χ2v) is 6.41. The van der Waals surface area contributed by atoms with Crippen molar-refractivity contribution in [1.82, 2.24) is 0 Å². The average molecular weight is 317 g/mol. The number of ether oxygens (including phenoxy) is 1. The molecular weight excluding hydrogens is 301 g/mol. The van der Waals surface area contributed by atoms with Gasteiger partial charge in [0, 0.05) is 10.8 Å². The minimum atomic E-state index is -0.808. The smallest absolute Gasteiger partial charge is 0.422 e. The van der Waals surface area contributed by atoms with Gasteiger partial charge in [-0.3, -0.25) is 4.79 Å². The van der Waals surface area contributed by atoms with Crippen LogP contribution in [0, 0.1) is 5.82 Å². The lowest BCUT2D eigenvalue weighted by Gasteiger charge is -2.23. The summed E-state index contributed by atoms with van der Waals surface area (Å²) in [5.41, 5.74) is 0.122. The molecule has 2 amide bonds. The number of aliphatic hydroxyl groups is 1. The average Bonchev–Trinajstić information content (AvgIpc) is 2.74. The van der Waals surface area contributed by atoms with Gasteiger partial charge in [0.2, 0.25) is 0 Å². The van der Waals surface area contributed by atoms with Crippen LogP contribution in [0.1, 0.15) is 36.7 Å². The van der Waals surface area contributed by atoms with Gasteiger partial charge in [0.1, 0.15) is 11.4 Å². The first-order valence-corrected chi connectivity index (χ1v) is 7.16. The van der Waals surface area contributed by atoms with Gasteiger partial charge in [-0.25, -0.2) is 14.1 Å². The quantitative estimate of drug-likeness (QED) is 0.875. The molecular formula is C17H16FNO4. The van der Waals surface area contributed by atoms with Crippen LogP contribution in [0.4, 0.5) is 14.9 Å². The Morgan fingerprint density at radius 1 is 1.30 bits per heavy atom. The van der Waals surface area contributed by atoms with Gasteiger partial charge < -0.3 is 9.84 Å². The molecule has 1 heterocycles. The Morgan fingerprint density at radius 3 is 2.61 bits per heavy atom. The summed E-state index contributed by atoms with van der Waals surface area (Å²) in [7, 11) is 0. The van der Waals surface area contributed by atoms with E-state index in [9.17, 15) is 19.1 Å². The first-order chi connectivity index (χ1) is 10.7. The summed E-state index contributed by atoms with van der Waals surface area (Å²) in [6.07, 6.45) is -0.808. The van der Waals surface area contributed by atoms with Crippen molar-refractivity contribution in [2.24, 2.45) is 0 Å². The Morgan fingerprint density at radius 2 is 2.00 bits per heavy atom. The van der Waals surface area contributed by atoms with Crippen LogP contribution in [0.2, 0.25) is 0 Å². The molecule has 0 spiro atoms. The summed E-state index contributed by atoms with van der Waals surface area (Å²) >= 11 is 0. The van der Waals surface area contributed by atoms with E-state index in [1.165, 1.54) is 24.3 Å². The topological polar surface area (TPSA) is 66.8 Å². The zero-order valence-corrected chi connectivity index (χ0v) is 13.0.